The fourth-order valence-corrected chi connectivity index (χ4v) is 4.80. The lowest BCUT2D eigenvalue weighted by Gasteiger charge is -2.32. The zero-order chi connectivity index (χ0) is 23.3. The van der Waals surface area contributed by atoms with Gasteiger partial charge in [0.2, 0.25) is 5.91 Å². The van der Waals surface area contributed by atoms with Gasteiger partial charge >= 0.3 is 0 Å². The maximum Gasteiger partial charge on any atom is 0.275 e. The highest BCUT2D eigenvalue weighted by atomic mass is 16.2. The van der Waals surface area contributed by atoms with Crippen LogP contribution in [0.3, 0.4) is 0 Å². The molecule has 1 aliphatic heterocycles. The van der Waals surface area contributed by atoms with Gasteiger partial charge in [0.1, 0.15) is 6.54 Å². The Balaban J connectivity index is 1.31. The van der Waals surface area contributed by atoms with Gasteiger partial charge in [-0.3, -0.25) is 14.6 Å². The highest BCUT2D eigenvalue weighted by Gasteiger charge is 2.24. The smallest absolute Gasteiger partial charge is 0.275 e. The maximum atomic E-state index is 13.1. The molecule has 34 heavy (non-hydrogen) atoms. The van der Waals surface area contributed by atoms with Gasteiger partial charge in [-0.2, -0.15) is 5.10 Å². The Morgan fingerprint density at radius 1 is 0.882 bits per heavy atom. The summed E-state index contributed by atoms with van der Waals surface area (Å²) >= 11 is 0. The second-order valence-electron chi connectivity index (χ2n) is 9.01. The van der Waals surface area contributed by atoms with Crippen LogP contribution < -0.4 is 5.56 Å². The van der Waals surface area contributed by atoms with Crippen LogP contribution >= 0.6 is 0 Å². The van der Waals surface area contributed by atoms with Crippen molar-refractivity contribution in [3.63, 3.8) is 0 Å². The van der Waals surface area contributed by atoms with E-state index in [0.29, 0.717) is 17.7 Å². The van der Waals surface area contributed by atoms with Crippen molar-refractivity contribution in [2.24, 2.45) is 5.92 Å². The number of carbonyl (C=O) groups excluding carboxylic acids is 1. The monoisotopic (exact) mass is 452 g/mol. The van der Waals surface area contributed by atoms with Gasteiger partial charge < -0.3 is 4.90 Å². The SMILES string of the molecule is O=C(Cn1nc(Cc2cccnc2)c2ccccc2c1=O)N1CCC(Cc2ccccc2)CC1. The molecule has 1 fully saturated rings. The van der Waals surface area contributed by atoms with Crippen LogP contribution in [0, 0.1) is 5.92 Å². The molecule has 0 radical (unpaired) electrons. The number of likely N-dealkylation sites (tertiary alicyclic amines) is 1. The summed E-state index contributed by atoms with van der Waals surface area (Å²) in [5.74, 6) is 0.537. The third-order valence-corrected chi connectivity index (χ3v) is 6.66. The molecule has 0 bridgehead atoms. The van der Waals surface area contributed by atoms with Crippen molar-refractivity contribution in [2.45, 2.75) is 32.2 Å². The van der Waals surface area contributed by atoms with Crippen molar-refractivity contribution < 1.29 is 4.79 Å². The first-order valence-corrected chi connectivity index (χ1v) is 11.9. The third-order valence-electron chi connectivity index (χ3n) is 6.66. The van der Waals surface area contributed by atoms with E-state index in [1.807, 2.05) is 47.4 Å². The summed E-state index contributed by atoms with van der Waals surface area (Å²) in [5.41, 5.74) is 2.91. The molecule has 1 aliphatic rings. The molecule has 0 N–H and O–H groups in total. The molecule has 0 aliphatic carbocycles. The van der Waals surface area contributed by atoms with Gasteiger partial charge in [-0.1, -0.05) is 54.6 Å². The zero-order valence-corrected chi connectivity index (χ0v) is 19.1. The highest BCUT2D eigenvalue weighted by molar-refractivity contribution is 5.84. The molecule has 6 nitrogen and oxygen atoms in total. The molecule has 172 valence electrons. The predicted octanol–water partition coefficient (Wildman–Crippen LogP) is 3.86. The Kier molecular flexibility index (Phi) is 6.47. The van der Waals surface area contributed by atoms with E-state index >= 15 is 0 Å². The zero-order valence-electron chi connectivity index (χ0n) is 19.1. The summed E-state index contributed by atoms with van der Waals surface area (Å²) in [6.45, 7) is 1.41. The Hall–Kier alpha value is -3.80. The number of carbonyl (C=O) groups is 1. The Morgan fingerprint density at radius 2 is 1.59 bits per heavy atom. The molecule has 1 saturated heterocycles. The van der Waals surface area contributed by atoms with Crippen LogP contribution in [0.4, 0.5) is 0 Å². The Bertz CT molecular complexity index is 1330. The first-order chi connectivity index (χ1) is 16.7. The number of fused-ring (bicyclic) bond motifs is 1. The molecule has 1 amide bonds. The summed E-state index contributed by atoms with van der Waals surface area (Å²) in [5, 5.41) is 6.04. The quantitative estimate of drug-likeness (QED) is 0.446. The van der Waals surface area contributed by atoms with E-state index in [0.717, 1.165) is 49.0 Å². The molecule has 5 rings (SSSR count). The van der Waals surface area contributed by atoms with E-state index in [4.69, 9.17) is 0 Å². The van der Waals surface area contributed by atoms with Crippen molar-refractivity contribution in [3.8, 4) is 0 Å². The van der Waals surface area contributed by atoms with Crippen molar-refractivity contribution >= 4 is 16.7 Å². The highest BCUT2D eigenvalue weighted by Crippen LogP contribution is 2.22. The maximum absolute atomic E-state index is 13.1. The van der Waals surface area contributed by atoms with Crippen LogP contribution in [-0.4, -0.2) is 38.7 Å². The molecular formula is C28H28N4O2. The topological polar surface area (TPSA) is 68.1 Å². The van der Waals surface area contributed by atoms with Gasteiger partial charge in [-0.25, -0.2) is 4.68 Å². The second kappa shape index (κ2) is 10.00. The van der Waals surface area contributed by atoms with Gasteiger partial charge in [0.25, 0.3) is 5.56 Å². The second-order valence-corrected chi connectivity index (χ2v) is 9.01. The summed E-state index contributed by atoms with van der Waals surface area (Å²) in [6, 6.07) is 21.9. The third kappa shape index (κ3) is 4.91. The van der Waals surface area contributed by atoms with Gasteiger partial charge in [0.15, 0.2) is 0 Å². The number of pyridine rings is 1. The molecule has 0 spiro atoms. The number of hydrogen-bond donors (Lipinski definition) is 0. The molecular weight excluding hydrogens is 424 g/mol. The van der Waals surface area contributed by atoms with Crippen molar-refractivity contribution in [1.29, 1.82) is 0 Å². The first-order valence-electron chi connectivity index (χ1n) is 11.9. The molecule has 0 unspecified atom stereocenters. The van der Waals surface area contributed by atoms with Crippen LogP contribution in [0.2, 0.25) is 0 Å². The van der Waals surface area contributed by atoms with Crippen LogP contribution in [0.5, 0.6) is 0 Å². The minimum atomic E-state index is -0.224. The largest absolute Gasteiger partial charge is 0.341 e. The minimum Gasteiger partial charge on any atom is -0.341 e. The lowest BCUT2D eigenvalue weighted by molar-refractivity contribution is -0.133. The van der Waals surface area contributed by atoms with Crippen molar-refractivity contribution in [1.82, 2.24) is 19.7 Å². The molecule has 2 aromatic carbocycles. The summed E-state index contributed by atoms with van der Waals surface area (Å²) in [6.07, 6.45) is 7.09. The lowest BCUT2D eigenvalue weighted by atomic mass is 9.90. The first kappa shape index (κ1) is 22.0. The number of piperidine rings is 1. The summed E-state index contributed by atoms with van der Waals surface area (Å²) < 4.78 is 1.34. The fourth-order valence-electron chi connectivity index (χ4n) is 4.80. The van der Waals surface area contributed by atoms with E-state index in [2.05, 4.69) is 34.3 Å². The van der Waals surface area contributed by atoms with Gasteiger partial charge in [0, 0.05) is 37.3 Å². The number of amides is 1. The van der Waals surface area contributed by atoms with Crippen LogP contribution in [0.25, 0.3) is 10.8 Å². The summed E-state index contributed by atoms with van der Waals surface area (Å²) in [4.78, 5) is 32.3. The average Bonchev–Trinajstić information content (AvgIpc) is 2.88. The molecule has 3 heterocycles. The number of hydrogen-bond acceptors (Lipinski definition) is 4. The minimum absolute atomic E-state index is 0.0347. The lowest BCUT2D eigenvalue weighted by Crippen LogP contribution is -2.42. The molecule has 4 aromatic rings. The van der Waals surface area contributed by atoms with E-state index in [1.165, 1.54) is 10.2 Å². The van der Waals surface area contributed by atoms with E-state index in [9.17, 15) is 9.59 Å². The number of nitrogens with zero attached hydrogens (tertiary/aromatic N) is 4. The van der Waals surface area contributed by atoms with Crippen molar-refractivity contribution in [3.05, 3.63) is 106 Å². The Morgan fingerprint density at radius 3 is 2.32 bits per heavy atom. The van der Waals surface area contributed by atoms with Crippen LogP contribution in [0.15, 0.2) is 83.9 Å². The van der Waals surface area contributed by atoms with Crippen LogP contribution in [0.1, 0.15) is 29.7 Å². The fraction of sp³-hybridized carbons (Fsp3) is 0.286. The molecule has 2 aromatic heterocycles. The van der Waals surface area contributed by atoms with Gasteiger partial charge in [-0.15, -0.1) is 0 Å². The van der Waals surface area contributed by atoms with E-state index in [1.54, 1.807) is 12.4 Å². The normalized spacial score (nSPS) is 14.4. The molecule has 0 saturated carbocycles. The number of aromatic nitrogens is 3. The standard InChI is InChI=1S/C28H28N4O2/c33-27(31-15-12-22(13-16-31)17-21-7-2-1-3-8-21)20-32-28(34)25-11-5-4-10-24(25)26(30-32)18-23-9-6-14-29-19-23/h1-11,14,19,22H,12-13,15-18,20H2. The van der Waals surface area contributed by atoms with E-state index < -0.39 is 0 Å². The molecule has 6 heteroatoms. The molecule has 0 atom stereocenters. The Labute approximate surface area is 198 Å². The van der Waals surface area contributed by atoms with Crippen molar-refractivity contribution in [2.75, 3.05) is 13.1 Å². The summed E-state index contributed by atoms with van der Waals surface area (Å²) in [7, 11) is 0. The predicted molar refractivity (Wildman–Crippen MR) is 132 cm³/mol. The number of benzene rings is 2. The average molecular weight is 453 g/mol. The van der Waals surface area contributed by atoms with Crippen LogP contribution in [-0.2, 0) is 24.2 Å². The van der Waals surface area contributed by atoms with Gasteiger partial charge in [0.05, 0.1) is 11.1 Å². The number of rotatable bonds is 6. The van der Waals surface area contributed by atoms with Gasteiger partial charge in [-0.05, 0) is 48.4 Å². The van der Waals surface area contributed by atoms with E-state index in [-0.39, 0.29) is 18.0 Å².